The van der Waals surface area contributed by atoms with Crippen LogP contribution in [0.1, 0.15) is 17.3 Å². The van der Waals surface area contributed by atoms with Crippen LogP contribution in [0.25, 0.3) is 11.4 Å². The predicted octanol–water partition coefficient (Wildman–Crippen LogP) is 3.30. The zero-order chi connectivity index (χ0) is 21.7. The maximum Gasteiger partial charge on any atom is 0.335 e. The highest BCUT2D eigenvalue weighted by Crippen LogP contribution is 2.26. The molecular weight excluding hydrogens is 410 g/mol. The summed E-state index contributed by atoms with van der Waals surface area (Å²) < 4.78 is 1.77. The van der Waals surface area contributed by atoms with Crippen molar-refractivity contribution in [3.63, 3.8) is 0 Å². The van der Waals surface area contributed by atoms with Crippen LogP contribution in [0.3, 0.4) is 0 Å². The SMILES string of the molecule is CCn1c(SCC(=O)Nc2cccc(C(=O)O)c2)nnc1-c1cccc([N+](=O)[O-])c1. The Labute approximate surface area is 175 Å². The lowest BCUT2D eigenvalue weighted by molar-refractivity contribution is -0.384. The minimum Gasteiger partial charge on any atom is -0.478 e. The standard InChI is InChI=1S/C19H17N5O5S/c1-2-23-17(12-5-4-8-15(10-12)24(28)29)21-22-19(23)30-11-16(25)20-14-7-3-6-13(9-14)18(26)27/h3-10H,2,11H2,1H3,(H,20,25)(H,26,27). The third kappa shape index (κ3) is 4.81. The predicted molar refractivity (Wildman–Crippen MR) is 111 cm³/mol. The number of nitrogens with one attached hydrogen (secondary N) is 1. The molecule has 0 aliphatic rings. The van der Waals surface area contributed by atoms with Crippen LogP contribution in [0.2, 0.25) is 0 Å². The number of carbonyl (C=O) groups is 2. The third-order valence-corrected chi connectivity index (χ3v) is 5.04. The molecule has 0 radical (unpaired) electrons. The summed E-state index contributed by atoms with van der Waals surface area (Å²) in [6, 6.07) is 12.1. The Morgan fingerprint density at radius 2 is 1.97 bits per heavy atom. The van der Waals surface area contributed by atoms with Crippen LogP contribution >= 0.6 is 11.8 Å². The number of rotatable bonds is 8. The number of hydrogen-bond acceptors (Lipinski definition) is 7. The van der Waals surface area contributed by atoms with E-state index in [-0.39, 0.29) is 22.9 Å². The molecule has 0 fully saturated rings. The van der Waals surface area contributed by atoms with Gasteiger partial charge in [-0.05, 0) is 25.1 Å². The van der Waals surface area contributed by atoms with E-state index in [4.69, 9.17) is 5.11 Å². The van der Waals surface area contributed by atoms with E-state index in [1.165, 1.54) is 24.3 Å². The van der Waals surface area contributed by atoms with E-state index in [2.05, 4.69) is 15.5 Å². The molecule has 11 heteroatoms. The van der Waals surface area contributed by atoms with Crippen LogP contribution in [0, 0.1) is 10.1 Å². The van der Waals surface area contributed by atoms with Crippen molar-refractivity contribution in [2.24, 2.45) is 0 Å². The number of carboxylic acids is 1. The van der Waals surface area contributed by atoms with Crippen LogP contribution < -0.4 is 5.32 Å². The average molecular weight is 427 g/mol. The van der Waals surface area contributed by atoms with Gasteiger partial charge in [-0.2, -0.15) is 0 Å². The second kappa shape index (κ2) is 9.18. The maximum absolute atomic E-state index is 12.3. The molecule has 154 valence electrons. The number of aromatic nitrogens is 3. The molecule has 1 heterocycles. The second-order valence-corrected chi connectivity index (χ2v) is 7.02. The number of nitro groups is 1. The topological polar surface area (TPSA) is 140 Å². The summed E-state index contributed by atoms with van der Waals surface area (Å²) in [7, 11) is 0. The highest BCUT2D eigenvalue weighted by Gasteiger charge is 2.17. The largest absolute Gasteiger partial charge is 0.478 e. The first kappa shape index (κ1) is 21.0. The lowest BCUT2D eigenvalue weighted by Gasteiger charge is -2.08. The number of carbonyl (C=O) groups excluding carboxylic acids is 1. The van der Waals surface area contributed by atoms with Gasteiger partial charge in [0.25, 0.3) is 5.69 Å². The molecule has 0 spiro atoms. The van der Waals surface area contributed by atoms with Crippen molar-refractivity contribution in [3.05, 3.63) is 64.2 Å². The van der Waals surface area contributed by atoms with Crippen LogP contribution in [-0.2, 0) is 11.3 Å². The Kier molecular flexibility index (Phi) is 6.42. The van der Waals surface area contributed by atoms with Crippen molar-refractivity contribution in [3.8, 4) is 11.4 Å². The van der Waals surface area contributed by atoms with Crippen molar-refractivity contribution in [1.82, 2.24) is 14.8 Å². The van der Waals surface area contributed by atoms with Gasteiger partial charge in [0.2, 0.25) is 5.91 Å². The number of non-ortho nitro benzene ring substituents is 1. The quantitative estimate of drug-likeness (QED) is 0.317. The van der Waals surface area contributed by atoms with Gasteiger partial charge >= 0.3 is 5.97 Å². The van der Waals surface area contributed by atoms with Gasteiger partial charge in [-0.3, -0.25) is 14.9 Å². The van der Waals surface area contributed by atoms with Gasteiger partial charge in [-0.25, -0.2) is 4.79 Å². The Bertz CT molecular complexity index is 1110. The van der Waals surface area contributed by atoms with Gasteiger partial charge < -0.3 is 15.0 Å². The third-order valence-electron chi connectivity index (χ3n) is 4.07. The normalized spacial score (nSPS) is 10.6. The number of thioether (sulfide) groups is 1. The summed E-state index contributed by atoms with van der Waals surface area (Å²) in [5.74, 6) is -0.904. The smallest absolute Gasteiger partial charge is 0.335 e. The number of amides is 1. The molecule has 10 nitrogen and oxygen atoms in total. The molecule has 0 unspecified atom stereocenters. The number of aromatic carboxylic acids is 1. The molecule has 1 amide bonds. The summed E-state index contributed by atoms with van der Waals surface area (Å²) in [5, 5.41) is 31.4. The number of carboxylic acid groups (broad SMARTS) is 1. The van der Waals surface area contributed by atoms with Crippen molar-refractivity contribution in [2.45, 2.75) is 18.6 Å². The van der Waals surface area contributed by atoms with Crippen LogP contribution in [0.4, 0.5) is 11.4 Å². The molecule has 1 aromatic heterocycles. The summed E-state index contributed by atoms with van der Waals surface area (Å²) in [4.78, 5) is 33.8. The summed E-state index contributed by atoms with van der Waals surface area (Å²) in [6.07, 6.45) is 0. The lowest BCUT2D eigenvalue weighted by atomic mass is 10.2. The van der Waals surface area contributed by atoms with Crippen LogP contribution in [0.5, 0.6) is 0 Å². The lowest BCUT2D eigenvalue weighted by Crippen LogP contribution is -2.15. The first-order valence-electron chi connectivity index (χ1n) is 8.83. The number of nitrogens with zero attached hydrogens (tertiary/aromatic N) is 4. The van der Waals surface area contributed by atoms with E-state index >= 15 is 0 Å². The van der Waals surface area contributed by atoms with E-state index in [0.717, 1.165) is 11.8 Å². The molecule has 3 aromatic rings. The van der Waals surface area contributed by atoms with Gasteiger partial charge in [0.1, 0.15) is 0 Å². The molecule has 3 rings (SSSR count). The molecule has 0 aliphatic heterocycles. The van der Waals surface area contributed by atoms with Gasteiger partial charge in [-0.15, -0.1) is 10.2 Å². The maximum atomic E-state index is 12.3. The molecule has 2 N–H and O–H groups in total. The fourth-order valence-electron chi connectivity index (χ4n) is 2.71. The summed E-state index contributed by atoms with van der Waals surface area (Å²) in [5.41, 5.74) is 0.971. The second-order valence-electron chi connectivity index (χ2n) is 6.08. The zero-order valence-electron chi connectivity index (χ0n) is 15.8. The fourth-order valence-corrected chi connectivity index (χ4v) is 3.51. The molecule has 0 bridgehead atoms. The Morgan fingerprint density at radius 1 is 1.20 bits per heavy atom. The molecular formula is C19H17N5O5S. The van der Waals surface area contributed by atoms with Gasteiger partial charge in [-0.1, -0.05) is 30.0 Å². The van der Waals surface area contributed by atoms with Crippen LogP contribution in [-0.4, -0.2) is 42.4 Å². The molecule has 0 saturated heterocycles. The first-order chi connectivity index (χ1) is 14.4. The first-order valence-corrected chi connectivity index (χ1v) is 9.81. The average Bonchev–Trinajstić information content (AvgIpc) is 3.15. The monoisotopic (exact) mass is 427 g/mol. The minimum absolute atomic E-state index is 0.0321. The van der Waals surface area contributed by atoms with Crippen molar-refractivity contribution < 1.29 is 19.6 Å². The zero-order valence-corrected chi connectivity index (χ0v) is 16.6. The Hall–Kier alpha value is -3.73. The van der Waals surface area contributed by atoms with E-state index < -0.39 is 10.9 Å². The number of anilines is 1. The van der Waals surface area contributed by atoms with Crippen molar-refractivity contribution >= 4 is 35.0 Å². The molecule has 0 aliphatic carbocycles. The molecule has 0 atom stereocenters. The van der Waals surface area contributed by atoms with E-state index in [9.17, 15) is 19.7 Å². The summed E-state index contributed by atoms with van der Waals surface area (Å²) in [6.45, 7) is 2.39. The van der Waals surface area contributed by atoms with Gasteiger partial charge in [0.15, 0.2) is 11.0 Å². The van der Waals surface area contributed by atoms with E-state index in [1.807, 2.05) is 6.92 Å². The molecule has 0 saturated carbocycles. The number of hydrogen-bond donors (Lipinski definition) is 2. The van der Waals surface area contributed by atoms with Gasteiger partial charge in [0, 0.05) is 29.9 Å². The minimum atomic E-state index is -1.08. The van der Waals surface area contributed by atoms with E-state index in [0.29, 0.717) is 28.8 Å². The van der Waals surface area contributed by atoms with Crippen LogP contribution in [0.15, 0.2) is 53.7 Å². The Morgan fingerprint density at radius 3 is 2.67 bits per heavy atom. The fraction of sp³-hybridized carbons (Fsp3) is 0.158. The Balaban J connectivity index is 1.71. The van der Waals surface area contributed by atoms with Crippen molar-refractivity contribution in [2.75, 3.05) is 11.1 Å². The molecule has 30 heavy (non-hydrogen) atoms. The molecule has 2 aromatic carbocycles. The summed E-state index contributed by atoms with van der Waals surface area (Å²) >= 11 is 1.16. The highest BCUT2D eigenvalue weighted by molar-refractivity contribution is 7.99. The number of benzene rings is 2. The van der Waals surface area contributed by atoms with Crippen molar-refractivity contribution in [1.29, 1.82) is 0 Å². The van der Waals surface area contributed by atoms with Gasteiger partial charge in [0.05, 0.1) is 16.2 Å². The number of nitro benzene ring substituents is 1. The highest BCUT2D eigenvalue weighted by atomic mass is 32.2. The van der Waals surface area contributed by atoms with E-state index in [1.54, 1.807) is 28.8 Å².